The third-order valence-corrected chi connectivity index (χ3v) is 9.31. The number of allylic oxidation sites excluding steroid dienone is 6. The molecule has 0 radical (unpaired) electrons. The van der Waals surface area contributed by atoms with Crippen molar-refractivity contribution in [1.29, 1.82) is 0 Å². The predicted octanol–water partition coefficient (Wildman–Crippen LogP) is 6.08. The van der Waals surface area contributed by atoms with Gasteiger partial charge in [0.2, 0.25) is 0 Å². The molecule has 3 heteroatoms. The van der Waals surface area contributed by atoms with E-state index < -0.39 is 0 Å². The van der Waals surface area contributed by atoms with Crippen LogP contribution in [0.25, 0.3) is 0 Å². The van der Waals surface area contributed by atoms with Gasteiger partial charge in [-0.15, -0.1) is 0 Å². The van der Waals surface area contributed by atoms with Crippen LogP contribution in [0.4, 0.5) is 0 Å². The van der Waals surface area contributed by atoms with Crippen molar-refractivity contribution in [3.63, 3.8) is 0 Å². The number of benzene rings is 1. The summed E-state index contributed by atoms with van der Waals surface area (Å²) in [6, 6.07) is 9.60. The van der Waals surface area contributed by atoms with Crippen LogP contribution in [0.3, 0.4) is 0 Å². The van der Waals surface area contributed by atoms with E-state index in [1.807, 2.05) is 30.3 Å². The quantitative estimate of drug-likeness (QED) is 0.345. The van der Waals surface area contributed by atoms with Crippen molar-refractivity contribution in [2.24, 2.45) is 5.41 Å². The zero-order valence-electron chi connectivity index (χ0n) is 15.7. The number of hydrogen-bond donors (Lipinski definition) is 0. The van der Waals surface area contributed by atoms with E-state index in [1.165, 1.54) is 6.42 Å². The van der Waals surface area contributed by atoms with Gasteiger partial charge in [-0.3, -0.25) is 0 Å². The van der Waals surface area contributed by atoms with Gasteiger partial charge in [0, 0.05) is 0 Å². The van der Waals surface area contributed by atoms with Crippen LogP contribution in [0.1, 0.15) is 27.2 Å². The Hall–Kier alpha value is -1.09. The molecule has 1 aliphatic carbocycles. The van der Waals surface area contributed by atoms with E-state index in [2.05, 4.69) is 52.6 Å². The van der Waals surface area contributed by atoms with E-state index in [9.17, 15) is 0 Å². The molecule has 2 rings (SSSR count). The molecular formula is C21H30OSiTi. The molecule has 1 nitrogen and oxygen atoms in total. The number of rotatable bonds is 5. The van der Waals surface area contributed by atoms with Crippen LogP contribution in [0.5, 0.6) is 5.75 Å². The van der Waals surface area contributed by atoms with E-state index in [1.54, 1.807) is 27.9 Å². The summed E-state index contributed by atoms with van der Waals surface area (Å²) in [4.78, 5) is 0. The maximum absolute atomic E-state index is 5.19. The first-order chi connectivity index (χ1) is 11.3. The van der Waals surface area contributed by atoms with Crippen molar-refractivity contribution in [3.05, 3.63) is 76.9 Å². The molecule has 24 heavy (non-hydrogen) atoms. The molecule has 0 saturated heterocycles. The van der Waals surface area contributed by atoms with E-state index in [4.69, 9.17) is 4.74 Å². The standard InChI is InChI=1S/C10H10O.C9H13.C2H7Si.Ti/c1-2-3-9-11-10-7-5-4-6-8-10;1-9(2,3)8-6-4-5-7-8;1-3-2;/h2-9H,1H2;6-7H,4H2,1-3H3;3H,1-2H3;. The van der Waals surface area contributed by atoms with Crippen molar-refractivity contribution in [2.45, 2.75) is 40.3 Å². The Morgan fingerprint density at radius 2 is 1.83 bits per heavy atom. The summed E-state index contributed by atoms with van der Waals surface area (Å²) in [7, 11) is 0. The topological polar surface area (TPSA) is 9.23 Å². The number of para-hydroxylation sites is 1. The zero-order valence-corrected chi connectivity index (χ0v) is 18.4. The van der Waals surface area contributed by atoms with E-state index in [-0.39, 0.29) is 6.66 Å². The van der Waals surface area contributed by atoms with Crippen LogP contribution in [0.15, 0.2) is 76.9 Å². The second-order valence-electron chi connectivity index (χ2n) is 7.08. The summed E-state index contributed by atoms with van der Waals surface area (Å²) in [6.07, 6.45) is 11.2. The summed E-state index contributed by atoms with van der Waals surface area (Å²) in [5, 5.41) is 0. The molecule has 0 bridgehead atoms. The zero-order chi connectivity index (χ0) is 18.0. The van der Waals surface area contributed by atoms with Gasteiger partial charge in [0.25, 0.3) is 0 Å². The van der Waals surface area contributed by atoms with E-state index >= 15 is 0 Å². The van der Waals surface area contributed by atoms with Gasteiger partial charge < -0.3 is 4.74 Å². The average Bonchev–Trinajstić information content (AvgIpc) is 2.97. The molecule has 0 heterocycles. The second kappa shape index (κ2) is 10.7. The minimum absolute atomic E-state index is 0.282. The monoisotopic (exact) mass is 374 g/mol. The SMILES string of the molecule is C=CC=COc1ccccc1.C[SiH](C)[Ti][C]1=CC(C(C)(C)C)=CC1. The molecule has 128 valence electrons. The van der Waals surface area contributed by atoms with Gasteiger partial charge in [0.15, 0.2) is 0 Å². The first kappa shape index (κ1) is 21.0. The van der Waals surface area contributed by atoms with Crippen LogP contribution in [-0.2, 0) is 18.4 Å². The fraction of sp³-hybridized carbons (Fsp3) is 0.333. The van der Waals surface area contributed by atoms with Crippen LogP contribution in [-0.4, -0.2) is 6.66 Å². The maximum atomic E-state index is 5.19. The molecule has 0 spiro atoms. The summed E-state index contributed by atoms with van der Waals surface area (Å²) < 4.78 is 6.99. The van der Waals surface area contributed by atoms with Gasteiger partial charge in [-0.1, -0.05) is 30.9 Å². The van der Waals surface area contributed by atoms with Crippen molar-refractivity contribution >= 4 is 6.66 Å². The van der Waals surface area contributed by atoms with Crippen LogP contribution >= 0.6 is 0 Å². The molecule has 0 amide bonds. The predicted molar refractivity (Wildman–Crippen MR) is 106 cm³/mol. The van der Waals surface area contributed by atoms with Crippen molar-refractivity contribution in [3.8, 4) is 5.75 Å². The van der Waals surface area contributed by atoms with Gasteiger partial charge >= 0.3 is 92.4 Å². The molecule has 0 atom stereocenters. The Balaban J connectivity index is 0.000000243. The summed E-state index contributed by atoms with van der Waals surface area (Å²) >= 11 is 0.302. The third-order valence-electron chi connectivity index (χ3n) is 3.37. The van der Waals surface area contributed by atoms with Gasteiger partial charge in [0.05, 0.1) is 6.26 Å². The van der Waals surface area contributed by atoms with Gasteiger partial charge in [0.1, 0.15) is 5.75 Å². The summed E-state index contributed by atoms with van der Waals surface area (Å²) in [5.74, 6) is 0.839. The Morgan fingerprint density at radius 3 is 2.33 bits per heavy atom. The first-order valence-corrected chi connectivity index (χ1v) is 14.9. The van der Waals surface area contributed by atoms with Crippen LogP contribution in [0.2, 0.25) is 13.1 Å². The molecule has 0 saturated carbocycles. The number of hydrogen-bond acceptors (Lipinski definition) is 1. The first-order valence-electron chi connectivity index (χ1n) is 8.50. The van der Waals surface area contributed by atoms with E-state index in [0.29, 0.717) is 23.8 Å². The fourth-order valence-corrected chi connectivity index (χ4v) is 7.95. The molecular weight excluding hydrogens is 344 g/mol. The molecule has 0 aromatic heterocycles. The Kier molecular flexibility index (Phi) is 9.35. The summed E-state index contributed by atoms with van der Waals surface area (Å²) in [5.41, 5.74) is 1.94. The average molecular weight is 374 g/mol. The minimum atomic E-state index is -0.282. The third kappa shape index (κ3) is 8.68. The fourth-order valence-electron chi connectivity index (χ4n) is 2.19. The van der Waals surface area contributed by atoms with Gasteiger partial charge in [-0.2, -0.15) is 0 Å². The molecule has 1 aromatic rings. The van der Waals surface area contributed by atoms with Crippen molar-refractivity contribution in [2.75, 3.05) is 0 Å². The molecule has 0 N–H and O–H groups in total. The van der Waals surface area contributed by atoms with Crippen LogP contribution in [0, 0.1) is 5.41 Å². The Labute approximate surface area is 157 Å². The molecule has 1 aliphatic rings. The van der Waals surface area contributed by atoms with E-state index in [0.717, 1.165) is 5.75 Å². The van der Waals surface area contributed by atoms with Crippen molar-refractivity contribution < 1.29 is 23.1 Å². The Morgan fingerprint density at radius 1 is 1.17 bits per heavy atom. The molecule has 1 aromatic carbocycles. The normalized spacial score (nSPS) is 13.9. The Bertz CT molecular complexity index is 592. The summed E-state index contributed by atoms with van der Waals surface area (Å²) in [6.45, 7) is 15.1. The van der Waals surface area contributed by atoms with Gasteiger partial charge in [-0.25, -0.2) is 0 Å². The second-order valence-corrected chi connectivity index (χ2v) is 17.4. The number of ether oxygens (including phenoxy) is 1. The van der Waals surface area contributed by atoms with Crippen molar-refractivity contribution in [1.82, 2.24) is 0 Å². The van der Waals surface area contributed by atoms with Crippen LogP contribution < -0.4 is 4.74 Å². The molecule has 0 aliphatic heterocycles. The van der Waals surface area contributed by atoms with Gasteiger partial charge in [-0.05, 0) is 18.2 Å². The molecule has 0 fully saturated rings. The molecule has 0 unspecified atom stereocenters.